The number of carbonyl (C=O) groups is 1. The van der Waals surface area contributed by atoms with Gasteiger partial charge in [-0.05, 0) is 12.1 Å². The van der Waals surface area contributed by atoms with E-state index in [2.05, 4.69) is 15.5 Å². The van der Waals surface area contributed by atoms with Crippen LogP contribution in [0.25, 0.3) is 10.9 Å². The number of nitro benzene ring substituents is 1. The maximum absolute atomic E-state index is 12.1. The van der Waals surface area contributed by atoms with Crippen molar-refractivity contribution in [1.82, 2.24) is 10.2 Å². The largest absolute Gasteiger partial charge is 0.508 e. The van der Waals surface area contributed by atoms with Crippen LogP contribution in [-0.4, -0.2) is 26.1 Å². The Labute approximate surface area is 129 Å². The second-order valence-electron chi connectivity index (χ2n) is 4.91. The third-order valence-corrected chi connectivity index (χ3v) is 3.36. The highest BCUT2D eigenvalue weighted by Crippen LogP contribution is 2.25. The summed E-state index contributed by atoms with van der Waals surface area (Å²) in [6.45, 7) is 0. The van der Waals surface area contributed by atoms with Gasteiger partial charge in [0.1, 0.15) is 5.75 Å². The zero-order chi connectivity index (χ0) is 16.4. The molecule has 0 bridgehead atoms. The Balaban J connectivity index is 1.83. The van der Waals surface area contributed by atoms with Crippen LogP contribution in [0.1, 0.15) is 5.56 Å². The van der Waals surface area contributed by atoms with Crippen molar-refractivity contribution < 1.29 is 14.8 Å². The number of aromatic amines is 1. The number of amides is 1. The van der Waals surface area contributed by atoms with Crippen molar-refractivity contribution in [3.8, 4) is 5.75 Å². The Morgan fingerprint density at radius 3 is 2.83 bits per heavy atom. The van der Waals surface area contributed by atoms with Crippen LogP contribution in [0.4, 0.5) is 11.5 Å². The van der Waals surface area contributed by atoms with Gasteiger partial charge in [-0.1, -0.05) is 18.2 Å². The molecule has 0 saturated carbocycles. The molecule has 0 spiro atoms. The van der Waals surface area contributed by atoms with Crippen molar-refractivity contribution in [3.63, 3.8) is 0 Å². The zero-order valence-electron chi connectivity index (χ0n) is 11.8. The first-order valence-electron chi connectivity index (χ1n) is 6.74. The summed E-state index contributed by atoms with van der Waals surface area (Å²) in [6, 6.07) is 10.7. The molecule has 1 heterocycles. The molecule has 0 unspecified atom stereocenters. The lowest BCUT2D eigenvalue weighted by Crippen LogP contribution is -2.15. The molecule has 0 aliphatic rings. The SMILES string of the molecule is O=C(Cc1ccccc1O)Nc1n[nH]c2ccc([N+](=O)[O-])cc12. The summed E-state index contributed by atoms with van der Waals surface area (Å²) in [5.41, 5.74) is 0.972. The summed E-state index contributed by atoms with van der Waals surface area (Å²) < 4.78 is 0. The lowest BCUT2D eigenvalue weighted by molar-refractivity contribution is -0.384. The Morgan fingerprint density at radius 2 is 2.09 bits per heavy atom. The molecule has 1 amide bonds. The number of carbonyl (C=O) groups excluding carboxylic acids is 1. The number of nitrogens with one attached hydrogen (secondary N) is 2. The van der Waals surface area contributed by atoms with Gasteiger partial charge in [0.05, 0.1) is 22.2 Å². The number of phenolic OH excluding ortho intramolecular Hbond substituents is 1. The van der Waals surface area contributed by atoms with Crippen LogP contribution in [0.5, 0.6) is 5.75 Å². The maximum Gasteiger partial charge on any atom is 0.270 e. The first-order valence-corrected chi connectivity index (χ1v) is 6.74. The second-order valence-corrected chi connectivity index (χ2v) is 4.91. The van der Waals surface area contributed by atoms with E-state index in [1.165, 1.54) is 24.3 Å². The number of nitrogens with zero attached hydrogens (tertiary/aromatic N) is 2. The van der Waals surface area contributed by atoms with Crippen molar-refractivity contribution in [2.45, 2.75) is 6.42 Å². The van der Waals surface area contributed by atoms with Gasteiger partial charge in [-0.3, -0.25) is 20.0 Å². The average molecular weight is 312 g/mol. The van der Waals surface area contributed by atoms with E-state index in [0.29, 0.717) is 16.5 Å². The van der Waals surface area contributed by atoms with Crippen LogP contribution in [-0.2, 0) is 11.2 Å². The van der Waals surface area contributed by atoms with Gasteiger partial charge in [0.2, 0.25) is 5.91 Å². The third-order valence-electron chi connectivity index (χ3n) is 3.36. The fraction of sp³-hybridized carbons (Fsp3) is 0.0667. The number of para-hydroxylation sites is 1. The van der Waals surface area contributed by atoms with E-state index in [1.807, 2.05) is 0 Å². The van der Waals surface area contributed by atoms with Crippen LogP contribution < -0.4 is 5.32 Å². The number of hydrogen-bond acceptors (Lipinski definition) is 5. The van der Waals surface area contributed by atoms with E-state index in [-0.39, 0.29) is 29.6 Å². The van der Waals surface area contributed by atoms with Crippen molar-refractivity contribution in [3.05, 3.63) is 58.1 Å². The van der Waals surface area contributed by atoms with E-state index in [9.17, 15) is 20.0 Å². The third kappa shape index (κ3) is 2.95. The van der Waals surface area contributed by atoms with Gasteiger partial charge in [0, 0.05) is 17.7 Å². The standard InChI is InChI=1S/C15H12N4O4/c20-13-4-2-1-3-9(13)7-14(21)16-15-11-8-10(19(22)23)5-6-12(11)17-18-15/h1-6,8,20H,7H2,(H2,16,17,18,21). The monoisotopic (exact) mass is 312 g/mol. The molecule has 3 aromatic rings. The van der Waals surface area contributed by atoms with Gasteiger partial charge in [0.15, 0.2) is 5.82 Å². The van der Waals surface area contributed by atoms with E-state index in [1.54, 1.807) is 18.2 Å². The summed E-state index contributed by atoms with van der Waals surface area (Å²) in [7, 11) is 0. The number of anilines is 1. The average Bonchev–Trinajstić information content (AvgIpc) is 2.92. The minimum Gasteiger partial charge on any atom is -0.508 e. The number of hydrogen-bond donors (Lipinski definition) is 3. The summed E-state index contributed by atoms with van der Waals surface area (Å²) >= 11 is 0. The molecule has 0 aliphatic heterocycles. The minimum absolute atomic E-state index is 0.0318. The van der Waals surface area contributed by atoms with E-state index in [4.69, 9.17) is 0 Å². The van der Waals surface area contributed by atoms with Gasteiger partial charge in [-0.15, -0.1) is 0 Å². The number of H-pyrrole nitrogens is 1. The fourth-order valence-corrected chi connectivity index (χ4v) is 2.22. The first kappa shape index (κ1) is 14.5. The number of fused-ring (bicyclic) bond motifs is 1. The summed E-state index contributed by atoms with van der Waals surface area (Å²) in [5.74, 6) is -0.138. The van der Waals surface area contributed by atoms with Gasteiger partial charge in [-0.25, -0.2) is 0 Å². The molecule has 0 saturated heterocycles. The smallest absolute Gasteiger partial charge is 0.270 e. The second kappa shape index (κ2) is 5.76. The highest BCUT2D eigenvalue weighted by Gasteiger charge is 2.14. The van der Waals surface area contributed by atoms with Crippen LogP contribution in [0.2, 0.25) is 0 Å². The molecular formula is C15H12N4O4. The Hall–Kier alpha value is -3.42. The van der Waals surface area contributed by atoms with Crippen LogP contribution in [0.3, 0.4) is 0 Å². The molecule has 0 radical (unpaired) electrons. The Bertz CT molecular complexity index is 903. The van der Waals surface area contributed by atoms with Crippen LogP contribution >= 0.6 is 0 Å². The van der Waals surface area contributed by atoms with E-state index in [0.717, 1.165) is 0 Å². The number of phenols is 1. The summed E-state index contributed by atoms with van der Waals surface area (Å²) in [6.07, 6.45) is -0.0318. The number of non-ortho nitro benzene ring substituents is 1. The molecule has 23 heavy (non-hydrogen) atoms. The fourth-order valence-electron chi connectivity index (χ4n) is 2.22. The van der Waals surface area contributed by atoms with Crippen LogP contribution in [0, 0.1) is 10.1 Å². The lowest BCUT2D eigenvalue weighted by atomic mass is 10.1. The molecular weight excluding hydrogens is 300 g/mol. The molecule has 2 aromatic carbocycles. The quantitative estimate of drug-likeness (QED) is 0.504. The molecule has 3 rings (SSSR count). The topological polar surface area (TPSA) is 121 Å². The summed E-state index contributed by atoms with van der Waals surface area (Å²) in [4.78, 5) is 22.4. The predicted molar refractivity (Wildman–Crippen MR) is 83.2 cm³/mol. The van der Waals surface area contributed by atoms with Crippen molar-refractivity contribution in [1.29, 1.82) is 0 Å². The number of aromatic nitrogens is 2. The Kier molecular flexibility index (Phi) is 3.63. The molecule has 8 nitrogen and oxygen atoms in total. The van der Waals surface area contributed by atoms with Crippen molar-refractivity contribution >= 4 is 28.3 Å². The normalized spacial score (nSPS) is 10.6. The van der Waals surface area contributed by atoms with Gasteiger partial charge in [0.25, 0.3) is 5.69 Å². The highest BCUT2D eigenvalue weighted by atomic mass is 16.6. The molecule has 0 fully saturated rings. The summed E-state index contributed by atoms with van der Waals surface area (Å²) in [5, 5.41) is 30.2. The number of benzene rings is 2. The Morgan fingerprint density at radius 1 is 1.30 bits per heavy atom. The van der Waals surface area contributed by atoms with E-state index < -0.39 is 4.92 Å². The lowest BCUT2D eigenvalue weighted by Gasteiger charge is -2.04. The highest BCUT2D eigenvalue weighted by molar-refractivity contribution is 6.01. The minimum atomic E-state index is -0.514. The molecule has 116 valence electrons. The zero-order valence-corrected chi connectivity index (χ0v) is 11.8. The molecule has 0 atom stereocenters. The van der Waals surface area contributed by atoms with Gasteiger partial charge < -0.3 is 10.4 Å². The molecule has 3 N–H and O–H groups in total. The molecule has 0 aliphatic carbocycles. The molecule has 1 aromatic heterocycles. The number of nitro groups is 1. The van der Waals surface area contributed by atoms with Crippen molar-refractivity contribution in [2.24, 2.45) is 0 Å². The predicted octanol–water partition coefficient (Wildman–Crippen LogP) is 2.36. The van der Waals surface area contributed by atoms with Crippen LogP contribution in [0.15, 0.2) is 42.5 Å². The van der Waals surface area contributed by atoms with E-state index >= 15 is 0 Å². The number of aromatic hydroxyl groups is 1. The van der Waals surface area contributed by atoms with Gasteiger partial charge >= 0.3 is 0 Å². The van der Waals surface area contributed by atoms with Gasteiger partial charge in [-0.2, -0.15) is 5.10 Å². The molecule has 8 heteroatoms. The number of rotatable bonds is 4. The van der Waals surface area contributed by atoms with Crippen molar-refractivity contribution in [2.75, 3.05) is 5.32 Å². The first-order chi connectivity index (χ1) is 11.0. The maximum atomic E-state index is 12.1.